The number of ether oxygens (including phenoxy) is 1. The Morgan fingerprint density at radius 2 is 1.90 bits per heavy atom. The molecule has 0 atom stereocenters. The Labute approximate surface area is 178 Å². The highest BCUT2D eigenvalue weighted by atomic mass is 32.2. The number of likely N-dealkylation sites (N-methyl/N-ethyl adjacent to an activating group) is 1. The van der Waals surface area contributed by atoms with Gasteiger partial charge in [0.15, 0.2) is 5.13 Å². The monoisotopic (exact) mass is 447 g/mol. The molecule has 30 heavy (non-hydrogen) atoms. The number of esters is 1. The highest BCUT2D eigenvalue weighted by Gasteiger charge is 2.23. The van der Waals surface area contributed by atoms with E-state index >= 15 is 0 Å². The summed E-state index contributed by atoms with van der Waals surface area (Å²) in [7, 11) is -2.50. The van der Waals surface area contributed by atoms with Crippen LogP contribution in [0, 0.1) is 0 Å². The maximum Gasteiger partial charge on any atom is 0.311 e. The van der Waals surface area contributed by atoms with E-state index in [0.717, 1.165) is 26.4 Å². The van der Waals surface area contributed by atoms with Gasteiger partial charge in [0.25, 0.3) is 0 Å². The molecule has 0 bridgehead atoms. The molecule has 0 aliphatic rings. The third-order valence-corrected chi connectivity index (χ3v) is 6.83. The molecule has 0 saturated heterocycles. The van der Waals surface area contributed by atoms with Crippen molar-refractivity contribution < 1.29 is 22.7 Å². The molecular weight excluding hydrogens is 426 g/mol. The van der Waals surface area contributed by atoms with Crippen LogP contribution in [0.4, 0.5) is 5.13 Å². The minimum atomic E-state index is -3.84. The number of aromatic nitrogens is 1. The second kappa shape index (κ2) is 9.33. The number of amides is 1. The normalized spacial score (nSPS) is 11.6. The average Bonchev–Trinajstić information content (AvgIpc) is 3.13. The zero-order valence-corrected chi connectivity index (χ0v) is 18.1. The summed E-state index contributed by atoms with van der Waals surface area (Å²) in [5.41, 5.74) is 0.478. The van der Waals surface area contributed by atoms with Gasteiger partial charge in [-0.15, -0.1) is 11.3 Å². The number of rotatable bonds is 8. The van der Waals surface area contributed by atoms with E-state index in [1.54, 1.807) is 24.4 Å². The van der Waals surface area contributed by atoms with E-state index in [1.807, 2.05) is 24.3 Å². The van der Waals surface area contributed by atoms with Crippen LogP contribution in [-0.2, 0) is 30.8 Å². The van der Waals surface area contributed by atoms with Crippen LogP contribution in [0.15, 0.2) is 52.7 Å². The van der Waals surface area contributed by atoms with Crippen LogP contribution in [0.1, 0.15) is 12.6 Å². The number of anilines is 1. The predicted octanol–water partition coefficient (Wildman–Crippen LogP) is 2.66. The van der Waals surface area contributed by atoms with Gasteiger partial charge < -0.3 is 10.1 Å². The molecule has 1 amide bonds. The molecule has 10 heteroatoms. The van der Waals surface area contributed by atoms with Gasteiger partial charge in [-0.3, -0.25) is 9.59 Å². The Morgan fingerprint density at radius 3 is 2.63 bits per heavy atom. The van der Waals surface area contributed by atoms with E-state index in [4.69, 9.17) is 4.74 Å². The third kappa shape index (κ3) is 5.21. The largest absolute Gasteiger partial charge is 0.466 e. The van der Waals surface area contributed by atoms with E-state index in [1.165, 1.54) is 13.1 Å². The summed E-state index contributed by atoms with van der Waals surface area (Å²) in [6.45, 7) is 1.62. The van der Waals surface area contributed by atoms with Crippen LogP contribution < -0.4 is 5.32 Å². The smallest absolute Gasteiger partial charge is 0.311 e. The first-order valence-corrected chi connectivity index (χ1v) is 11.5. The van der Waals surface area contributed by atoms with Crippen molar-refractivity contribution in [1.82, 2.24) is 9.29 Å². The minimum Gasteiger partial charge on any atom is -0.466 e. The summed E-state index contributed by atoms with van der Waals surface area (Å²) >= 11 is 1.15. The number of benzene rings is 2. The first kappa shape index (κ1) is 21.9. The molecule has 3 rings (SSSR count). The predicted molar refractivity (Wildman–Crippen MR) is 115 cm³/mol. The summed E-state index contributed by atoms with van der Waals surface area (Å²) in [5.74, 6) is -0.930. The number of nitrogens with zero attached hydrogens (tertiary/aromatic N) is 2. The van der Waals surface area contributed by atoms with Gasteiger partial charge in [0.2, 0.25) is 15.9 Å². The highest BCUT2D eigenvalue weighted by Crippen LogP contribution is 2.21. The van der Waals surface area contributed by atoms with Gasteiger partial charge in [-0.25, -0.2) is 13.4 Å². The zero-order valence-electron chi connectivity index (χ0n) is 16.5. The van der Waals surface area contributed by atoms with Gasteiger partial charge in [0, 0.05) is 12.4 Å². The Hall–Kier alpha value is -2.82. The van der Waals surface area contributed by atoms with Crippen molar-refractivity contribution in [3.05, 3.63) is 53.5 Å². The second-order valence-electron chi connectivity index (χ2n) is 6.44. The highest BCUT2D eigenvalue weighted by molar-refractivity contribution is 7.89. The van der Waals surface area contributed by atoms with Crippen LogP contribution in [0.2, 0.25) is 0 Å². The average molecular weight is 448 g/mol. The molecule has 1 aromatic heterocycles. The lowest BCUT2D eigenvalue weighted by molar-refractivity contribution is -0.142. The summed E-state index contributed by atoms with van der Waals surface area (Å²) in [4.78, 5) is 28.1. The molecular formula is C20H21N3O5S2. The molecule has 0 saturated carbocycles. The molecule has 1 heterocycles. The van der Waals surface area contributed by atoms with Crippen molar-refractivity contribution in [1.29, 1.82) is 0 Å². The van der Waals surface area contributed by atoms with E-state index in [9.17, 15) is 18.0 Å². The van der Waals surface area contributed by atoms with E-state index < -0.39 is 21.9 Å². The lowest BCUT2D eigenvalue weighted by atomic mass is 10.1. The number of nitrogens with one attached hydrogen (secondary N) is 1. The van der Waals surface area contributed by atoms with Crippen molar-refractivity contribution in [3.63, 3.8) is 0 Å². The summed E-state index contributed by atoms with van der Waals surface area (Å²) in [6, 6.07) is 12.3. The van der Waals surface area contributed by atoms with Gasteiger partial charge in [-0.2, -0.15) is 4.31 Å². The molecule has 0 radical (unpaired) electrons. The fourth-order valence-corrected chi connectivity index (χ4v) is 4.65. The van der Waals surface area contributed by atoms with Gasteiger partial charge >= 0.3 is 5.97 Å². The molecule has 0 fully saturated rings. The van der Waals surface area contributed by atoms with Crippen molar-refractivity contribution in [2.24, 2.45) is 0 Å². The van der Waals surface area contributed by atoms with Gasteiger partial charge in [-0.1, -0.05) is 30.3 Å². The zero-order chi connectivity index (χ0) is 21.7. The lowest BCUT2D eigenvalue weighted by Gasteiger charge is -2.16. The van der Waals surface area contributed by atoms with Crippen molar-refractivity contribution in [2.75, 3.05) is 25.5 Å². The summed E-state index contributed by atoms with van der Waals surface area (Å²) in [5, 5.41) is 6.22. The molecule has 0 unspecified atom stereocenters. The number of sulfonamides is 1. The van der Waals surface area contributed by atoms with E-state index in [0.29, 0.717) is 5.69 Å². The Kier molecular flexibility index (Phi) is 6.80. The van der Waals surface area contributed by atoms with E-state index in [-0.39, 0.29) is 29.6 Å². The first-order chi connectivity index (χ1) is 14.3. The third-order valence-electron chi connectivity index (χ3n) is 4.22. The molecule has 1 N–H and O–H groups in total. The summed E-state index contributed by atoms with van der Waals surface area (Å²) < 4.78 is 31.5. The van der Waals surface area contributed by atoms with Gasteiger partial charge in [0.1, 0.15) is 0 Å². The molecule has 8 nitrogen and oxygen atoms in total. The van der Waals surface area contributed by atoms with Crippen molar-refractivity contribution in [3.8, 4) is 0 Å². The van der Waals surface area contributed by atoms with Gasteiger partial charge in [-0.05, 0) is 29.8 Å². The van der Waals surface area contributed by atoms with Gasteiger partial charge in [0.05, 0.1) is 30.2 Å². The van der Waals surface area contributed by atoms with Crippen LogP contribution in [-0.4, -0.2) is 49.8 Å². The molecule has 0 aliphatic heterocycles. The van der Waals surface area contributed by atoms with Crippen molar-refractivity contribution in [2.45, 2.75) is 18.2 Å². The maximum atomic E-state index is 12.8. The fraction of sp³-hybridized carbons (Fsp3) is 0.250. The number of fused-ring (bicyclic) bond motifs is 1. The summed E-state index contributed by atoms with van der Waals surface area (Å²) in [6.07, 6.45) is 0.0104. The molecule has 3 aromatic rings. The standard InChI is InChI=1S/C20H21N3O5S2/c1-3-28-19(25)11-16-13-29-20(21-16)22-18(24)12-23(2)30(26,27)17-9-8-14-6-4-5-7-15(14)10-17/h4-10,13H,3,11-12H2,1-2H3,(H,21,22,24). The molecule has 0 aliphatic carbocycles. The van der Waals surface area contributed by atoms with E-state index in [2.05, 4.69) is 10.3 Å². The molecule has 158 valence electrons. The first-order valence-electron chi connectivity index (χ1n) is 9.14. The fourth-order valence-electron chi connectivity index (χ4n) is 2.76. The lowest BCUT2D eigenvalue weighted by Crippen LogP contribution is -2.34. The quantitative estimate of drug-likeness (QED) is 0.532. The van der Waals surface area contributed by atoms with Crippen LogP contribution in [0.3, 0.4) is 0 Å². The SMILES string of the molecule is CCOC(=O)Cc1csc(NC(=O)CN(C)S(=O)(=O)c2ccc3ccccc3c2)n1. The Bertz CT molecular complexity index is 1170. The number of carbonyl (C=O) groups excluding carboxylic acids is 2. The Balaban J connectivity index is 1.64. The number of hydrogen-bond donors (Lipinski definition) is 1. The number of carbonyl (C=O) groups is 2. The Morgan fingerprint density at radius 1 is 1.17 bits per heavy atom. The molecule has 0 spiro atoms. The van der Waals surface area contributed by atoms with Crippen LogP contribution >= 0.6 is 11.3 Å². The van der Waals surface area contributed by atoms with Crippen LogP contribution in [0.5, 0.6) is 0 Å². The number of thiazole rings is 1. The topological polar surface area (TPSA) is 106 Å². The minimum absolute atomic E-state index is 0.0104. The maximum absolute atomic E-state index is 12.8. The molecule has 2 aromatic carbocycles. The van der Waals surface area contributed by atoms with Crippen LogP contribution in [0.25, 0.3) is 10.8 Å². The second-order valence-corrected chi connectivity index (χ2v) is 9.35. The number of hydrogen-bond acceptors (Lipinski definition) is 7. The van der Waals surface area contributed by atoms with Crippen molar-refractivity contribution >= 4 is 49.1 Å².